The number of anilines is 1. The Bertz CT molecular complexity index is 1330. The molecule has 0 unspecified atom stereocenters. The van der Waals surface area contributed by atoms with E-state index < -0.39 is 0 Å². The van der Waals surface area contributed by atoms with Gasteiger partial charge in [0.25, 0.3) is 11.8 Å². The van der Waals surface area contributed by atoms with Crippen LogP contribution in [0.2, 0.25) is 0 Å². The molecule has 0 aliphatic carbocycles. The Morgan fingerprint density at radius 1 is 1.09 bits per heavy atom. The molecule has 0 fully saturated rings. The minimum Gasteiger partial charge on any atom is -0.453 e. The molecule has 1 aromatic carbocycles. The highest BCUT2D eigenvalue weighted by Gasteiger charge is 2.16. The van der Waals surface area contributed by atoms with Crippen LogP contribution >= 0.6 is 0 Å². The molecule has 0 saturated heterocycles. The number of ether oxygens (including phenoxy) is 1. The minimum atomic E-state index is -0.357. The number of oxazole rings is 1. The standard InChI is InChI=1S/C25H27N5O5/c1-5-17-12-21(30(3)29-17)23(31)26-13-20-15(2)34-25(28-20)16-6-8-18(9-7-16)27-24(32)22-11-10-19(35-22)14-33-4/h6-12H,5,13-14H2,1-4H3,(H,26,31)(H,27,32). The third-order valence-corrected chi connectivity index (χ3v) is 5.40. The van der Waals surface area contributed by atoms with E-state index in [9.17, 15) is 9.59 Å². The predicted molar refractivity (Wildman–Crippen MR) is 128 cm³/mol. The fourth-order valence-corrected chi connectivity index (χ4v) is 3.49. The Kier molecular flexibility index (Phi) is 7.11. The van der Waals surface area contributed by atoms with Gasteiger partial charge in [0.1, 0.15) is 29.5 Å². The van der Waals surface area contributed by atoms with E-state index in [1.54, 1.807) is 68.2 Å². The molecule has 2 amide bonds. The van der Waals surface area contributed by atoms with Gasteiger partial charge in [-0.15, -0.1) is 0 Å². The third-order valence-electron chi connectivity index (χ3n) is 5.40. The smallest absolute Gasteiger partial charge is 0.291 e. The number of furan rings is 1. The fraction of sp³-hybridized carbons (Fsp3) is 0.280. The molecule has 0 aliphatic heterocycles. The molecule has 3 aromatic heterocycles. The van der Waals surface area contributed by atoms with Crippen LogP contribution in [0.5, 0.6) is 0 Å². The molecule has 3 heterocycles. The summed E-state index contributed by atoms with van der Waals surface area (Å²) in [5, 5.41) is 9.96. The van der Waals surface area contributed by atoms with Crippen molar-refractivity contribution in [2.45, 2.75) is 33.4 Å². The van der Waals surface area contributed by atoms with Crippen LogP contribution in [0.1, 0.15) is 50.9 Å². The quantitative estimate of drug-likeness (QED) is 0.375. The lowest BCUT2D eigenvalue weighted by Gasteiger charge is -2.04. The number of rotatable bonds is 9. The number of hydrogen-bond donors (Lipinski definition) is 2. The number of aromatic nitrogens is 3. The molecule has 10 nitrogen and oxygen atoms in total. The molecule has 0 saturated carbocycles. The zero-order valence-electron chi connectivity index (χ0n) is 20.0. The summed E-state index contributed by atoms with van der Waals surface area (Å²) in [5.74, 6) is 1.23. The van der Waals surface area contributed by atoms with Gasteiger partial charge >= 0.3 is 0 Å². The highest BCUT2D eigenvalue weighted by atomic mass is 16.5. The van der Waals surface area contributed by atoms with Crippen LogP contribution in [0.25, 0.3) is 11.5 Å². The van der Waals surface area contributed by atoms with E-state index in [1.807, 2.05) is 6.92 Å². The number of methoxy groups -OCH3 is 1. The van der Waals surface area contributed by atoms with Crippen LogP contribution in [-0.4, -0.2) is 33.7 Å². The van der Waals surface area contributed by atoms with Crippen LogP contribution in [-0.2, 0) is 31.4 Å². The summed E-state index contributed by atoms with van der Waals surface area (Å²) in [6.45, 7) is 4.31. The monoisotopic (exact) mass is 477 g/mol. The van der Waals surface area contributed by atoms with E-state index in [4.69, 9.17) is 13.6 Å². The van der Waals surface area contributed by atoms with E-state index in [1.165, 1.54) is 0 Å². The zero-order chi connectivity index (χ0) is 24.9. The van der Waals surface area contributed by atoms with Gasteiger partial charge in [0.15, 0.2) is 5.76 Å². The number of carbonyl (C=O) groups is 2. The van der Waals surface area contributed by atoms with Gasteiger partial charge in [-0.3, -0.25) is 14.3 Å². The summed E-state index contributed by atoms with van der Waals surface area (Å²) in [6, 6.07) is 12.2. The summed E-state index contributed by atoms with van der Waals surface area (Å²) in [5.41, 5.74) is 3.32. The van der Waals surface area contributed by atoms with Crippen molar-refractivity contribution >= 4 is 17.5 Å². The van der Waals surface area contributed by atoms with Gasteiger partial charge in [0.2, 0.25) is 5.89 Å². The normalized spacial score (nSPS) is 11.0. The van der Waals surface area contributed by atoms with E-state index in [-0.39, 0.29) is 24.1 Å². The van der Waals surface area contributed by atoms with Gasteiger partial charge in [-0.25, -0.2) is 4.98 Å². The zero-order valence-corrected chi connectivity index (χ0v) is 20.0. The molecular formula is C25H27N5O5. The highest BCUT2D eigenvalue weighted by molar-refractivity contribution is 6.02. The van der Waals surface area contributed by atoms with E-state index in [0.29, 0.717) is 41.1 Å². The summed E-state index contributed by atoms with van der Waals surface area (Å²) in [6.07, 6.45) is 0.757. The van der Waals surface area contributed by atoms with Crippen LogP contribution in [0.15, 0.2) is 51.3 Å². The Labute approximate surface area is 202 Å². The van der Waals surface area contributed by atoms with Crippen LogP contribution < -0.4 is 10.6 Å². The van der Waals surface area contributed by atoms with Crippen molar-refractivity contribution in [1.82, 2.24) is 20.1 Å². The minimum absolute atomic E-state index is 0.202. The summed E-state index contributed by atoms with van der Waals surface area (Å²) in [4.78, 5) is 29.5. The van der Waals surface area contributed by atoms with Crippen LogP contribution in [0, 0.1) is 6.92 Å². The van der Waals surface area contributed by atoms with E-state index >= 15 is 0 Å². The Balaban J connectivity index is 1.38. The largest absolute Gasteiger partial charge is 0.453 e. The first-order valence-electron chi connectivity index (χ1n) is 11.1. The van der Waals surface area contributed by atoms with E-state index in [0.717, 1.165) is 17.7 Å². The molecule has 0 radical (unpaired) electrons. The van der Waals surface area contributed by atoms with Gasteiger partial charge in [-0.2, -0.15) is 5.10 Å². The summed E-state index contributed by atoms with van der Waals surface area (Å²) < 4.78 is 17.8. The van der Waals surface area contributed by atoms with Crippen molar-refractivity contribution in [2.24, 2.45) is 7.05 Å². The topological polar surface area (TPSA) is 124 Å². The van der Waals surface area contributed by atoms with Crippen molar-refractivity contribution in [2.75, 3.05) is 12.4 Å². The number of nitrogens with zero attached hydrogens (tertiary/aromatic N) is 3. The lowest BCUT2D eigenvalue weighted by Crippen LogP contribution is -2.25. The van der Waals surface area contributed by atoms with Crippen molar-refractivity contribution in [1.29, 1.82) is 0 Å². The fourth-order valence-electron chi connectivity index (χ4n) is 3.49. The number of benzene rings is 1. The Morgan fingerprint density at radius 2 is 1.86 bits per heavy atom. The maximum absolute atomic E-state index is 12.5. The van der Waals surface area contributed by atoms with Gasteiger partial charge < -0.3 is 24.2 Å². The van der Waals surface area contributed by atoms with Gasteiger partial charge in [-0.1, -0.05) is 6.92 Å². The summed E-state index contributed by atoms with van der Waals surface area (Å²) in [7, 11) is 3.30. The number of carbonyl (C=O) groups excluding carboxylic acids is 2. The third kappa shape index (κ3) is 5.49. The molecule has 0 aliphatic rings. The maximum atomic E-state index is 12.5. The lowest BCUT2D eigenvalue weighted by atomic mass is 10.2. The molecule has 4 rings (SSSR count). The molecule has 0 atom stereocenters. The number of aryl methyl sites for hydroxylation is 3. The second-order valence-corrected chi connectivity index (χ2v) is 7.93. The van der Waals surface area contributed by atoms with Crippen molar-refractivity contribution < 1.29 is 23.2 Å². The second-order valence-electron chi connectivity index (χ2n) is 7.93. The average molecular weight is 478 g/mol. The molecule has 4 aromatic rings. The van der Waals surface area contributed by atoms with Crippen molar-refractivity contribution in [3.05, 3.63) is 76.8 Å². The van der Waals surface area contributed by atoms with Gasteiger partial charge in [-0.05, 0) is 55.8 Å². The first-order valence-corrected chi connectivity index (χ1v) is 11.1. The lowest BCUT2D eigenvalue weighted by molar-refractivity contribution is 0.0939. The average Bonchev–Trinajstić information content (AvgIpc) is 3.57. The molecule has 10 heteroatoms. The highest BCUT2D eigenvalue weighted by Crippen LogP contribution is 2.24. The molecule has 2 N–H and O–H groups in total. The summed E-state index contributed by atoms with van der Waals surface area (Å²) >= 11 is 0. The Hall–Kier alpha value is -4.18. The molecule has 0 spiro atoms. The van der Waals surface area contributed by atoms with Crippen LogP contribution in [0.3, 0.4) is 0 Å². The molecule has 182 valence electrons. The number of nitrogens with one attached hydrogen (secondary N) is 2. The number of amides is 2. The molecule has 0 bridgehead atoms. The first-order chi connectivity index (χ1) is 16.9. The van der Waals surface area contributed by atoms with Crippen molar-refractivity contribution in [3.8, 4) is 11.5 Å². The predicted octanol–water partition coefficient (Wildman–Crippen LogP) is 3.87. The van der Waals surface area contributed by atoms with Gasteiger partial charge in [0, 0.05) is 25.4 Å². The van der Waals surface area contributed by atoms with E-state index in [2.05, 4.69) is 20.7 Å². The second kappa shape index (κ2) is 10.4. The van der Waals surface area contributed by atoms with Gasteiger partial charge in [0.05, 0.1) is 12.2 Å². The molecular weight excluding hydrogens is 450 g/mol. The SMILES string of the molecule is CCc1cc(C(=O)NCc2nc(-c3ccc(NC(=O)c4ccc(COC)o4)cc3)oc2C)n(C)n1. The maximum Gasteiger partial charge on any atom is 0.291 e. The molecule has 35 heavy (non-hydrogen) atoms. The number of hydrogen-bond acceptors (Lipinski definition) is 7. The first kappa shape index (κ1) is 24.0. The van der Waals surface area contributed by atoms with Crippen molar-refractivity contribution in [3.63, 3.8) is 0 Å². The Morgan fingerprint density at radius 3 is 2.54 bits per heavy atom. The van der Waals surface area contributed by atoms with Crippen LogP contribution in [0.4, 0.5) is 5.69 Å².